The van der Waals surface area contributed by atoms with E-state index in [4.69, 9.17) is 24.8 Å². The number of aliphatic hydroxyl groups excluding tert-OH is 5. The molecule has 1 unspecified atom stereocenters. The molecule has 11 heteroatoms. The molecule has 0 heterocycles. The van der Waals surface area contributed by atoms with Crippen molar-refractivity contribution < 1.29 is 54.1 Å². The molecule has 0 aromatic heterocycles. The Bertz CT molecular complexity index is 497. The van der Waals surface area contributed by atoms with Gasteiger partial charge in [0.05, 0.1) is 44.9 Å². The summed E-state index contributed by atoms with van der Waals surface area (Å²) in [5.74, 6) is -1.92. The number of hydrogen-bond acceptors (Lipinski definition) is 11. The molecule has 0 bridgehead atoms. The summed E-state index contributed by atoms with van der Waals surface area (Å²) in [6.07, 6.45) is -3.34. The van der Waals surface area contributed by atoms with Crippen LogP contribution < -0.4 is 0 Å². The smallest absolute Gasteiger partial charge is 0.308 e. The van der Waals surface area contributed by atoms with E-state index in [1.54, 1.807) is 0 Å². The number of esters is 3. The van der Waals surface area contributed by atoms with Crippen molar-refractivity contribution in [1.29, 1.82) is 0 Å². The van der Waals surface area contributed by atoms with E-state index in [9.17, 15) is 24.6 Å². The van der Waals surface area contributed by atoms with Gasteiger partial charge in [-0.1, -0.05) is 6.92 Å². The van der Waals surface area contributed by atoms with Crippen molar-refractivity contribution in [3.05, 3.63) is 0 Å². The van der Waals surface area contributed by atoms with Gasteiger partial charge in [0.2, 0.25) is 0 Å². The van der Waals surface area contributed by atoms with E-state index in [0.29, 0.717) is 6.42 Å². The number of carbonyl (C=O) groups is 3. The highest BCUT2D eigenvalue weighted by Crippen LogP contribution is 2.09. The highest BCUT2D eigenvalue weighted by molar-refractivity contribution is 5.71. The standard InChI is InChI=1S/C19H34O11/c1-13(2-5-20)8-17(25)28-6-3-14(22)9-18(26)29-7-4-15(23)10-19(27)30-12-16(24)11-21/h13-16,20-24H,2-12H2,1H3/t13-,14-,15-,16?/m1/s1. The van der Waals surface area contributed by atoms with Gasteiger partial charge in [-0.3, -0.25) is 14.4 Å². The van der Waals surface area contributed by atoms with Gasteiger partial charge in [-0.2, -0.15) is 0 Å². The minimum Gasteiger partial charge on any atom is -0.466 e. The summed E-state index contributed by atoms with van der Waals surface area (Å²) in [7, 11) is 0. The van der Waals surface area contributed by atoms with Gasteiger partial charge in [0.25, 0.3) is 0 Å². The number of rotatable bonds is 17. The number of aliphatic hydroxyl groups is 5. The maximum Gasteiger partial charge on any atom is 0.308 e. The molecule has 176 valence electrons. The summed E-state index contributed by atoms with van der Waals surface area (Å²) in [6.45, 7) is 0.646. The Morgan fingerprint density at radius 2 is 1.17 bits per heavy atom. The molecule has 0 fully saturated rings. The molecular formula is C19H34O11. The van der Waals surface area contributed by atoms with Crippen LogP contribution in [-0.4, -0.2) is 94.8 Å². The number of carbonyl (C=O) groups excluding carboxylic acids is 3. The predicted molar refractivity (Wildman–Crippen MR) is 102 cm³/mol. The quantitative estimate of drug-likeness (QED) is 0.134. The Labute approximate surface area is 175 Å². The Balaban J connectivity index is 3.84. The second kappa shape index (κ2) is 16.9. The van der Waals surface area contributed by atoms with E-state index in [0.717, 1.165) is 0 Å². The van der Waals surface area contributed by atoms with Crippen LogP contribution in [0.5, 0.6) is 0 Å². The largest absolute Gasteiger partial charge is 0.466 e. The molecule has 0 aliphatic carbocycles. The molecule has 0 radical (unpaired) electrons. The summed E-state index contributed by atoms with van der Waals surface area (Å²) in [4.78, 5) is 34.6. The maximum absolute atomic E-state index is 11.6. The molecule has 0 saturated heterocycles. The lowest BCUT2D eigenvalue weighted by Gasteiger charge is -2.14. The fourth-order valence-corrected chi connectivity index (χ4v) is 2.23. The summed E-state index contributed by atoms with van der Waals surface area (Å²) in [6, 6.07) is 0. The molecule has 0 aliphatic rings. The van der Waals surface area contributed by atoms with Crippen LogP contribution in [-0.2, 0) is 28.6 Å². The minimum absolute atomic E-state index is 0.00765. The zero-order valence-electron chi connectivity index (χ0n) is 17.3. The molecule has 0 aromatic rings. The Morgan fingerprint density at radius 1 is 0.700 bits per heavy atom. The zero-order valence-corrected chi connectivity index (χ0v) is 17.3. The van der Waals surface area contributed by atoms with E-state index in [-0.39, 0.29) is 64.4 Å². The van der Waals surface area contributed by atoms with Crippen molar-refractivity contribution in [2.45, 2.75) is 63.8 Å². The first-order valence-corrected chi connectivity index (χ1v) is 9.90. The highest BCUT2D eigenvalue weighted by Gasteiger charge is 2.17. The normalized spacial score (nSPS) is 15.0. The molecule has 4 atom stereocenters. The van der Waals surface area contributed by atoms with E-state index in [1.165, 1.54) is 0 Å². The molecular weight excluding hydrogens is 404 g/mol. The molecule has 0 amide bonds. The van der Waals surface area contributed by atoms with Crippen LogP contribution in [0.3, 0.4) is 0 Å². The average molecular weight is 438 g/mol. The van der Waals surface area contributed by atoms with Gasteiger partial charge in [-0.25, -0.2) is 0 Å². The summed E-state index contributed by atoms with van der Waals surface area (Å²) in [5.41, 5.74) is 0. The van der Waals surface area contributed by atoms with Crippen LogP contribution >= 0.6 is 0 Å². The van der Waals surface area contributed by atoms with Crippen molar-refractivity contribution >= 4 is 17.9 Å². The van der Waals surface area contributed by atoms with Crippen molar-refractivity contribution in [3.63, 3.8) is 0 Å². The maximum atomic E-state index is 11.6. The third-order valence-corrected chi connectivity index (χ3v) is 4.02. The van der Waals surface area contributed by atoms with Crippen LogP contribution in [0.4, 0.5) is 0 Å². The second-order valence-electron chi connectivity index (χ2n) is 7.08. The molecule has 11 nitrogen and oxygen atoms in total. The van der Waals surface area contributed by atoms with Crippen molar-refractivity contribution in [1.82, 2.24) is 0 Å². The Kier molecular flexibility index (Phi) is 15.9. The predicted octanol–water partition coefficient (Wildman–Crippen LogP) is -1.34. The molecule has 0 saturated carbocycles. The molecule has 30 heavy (non-hydrogen) atoms. The summed E-state index contributed by atoms with van der Waals surface area (Å²) < 4.78 is 14.5. The second-order valence-corrected chi connectivity index (χ2v) is 7.08. The van der Waals surface area contributed by atoms with Crippen molar-refractivity contribution in [2.75, 3.05) is 33.0 Å². The van der Waals surface area contributed by atoms with Gasteiger partial charge in [0.1, 0.15) is 12.7 Å². The molecule has 0 spiro atoms. The lowest BCUT2D eigenvalue weighted by molar-refractivity contribution is -0.150. The van der Waals surface area contributed by atoms with Gasteiger partial charge in [0.15, 0.2) is 0 Å². The van der Waals surface area contributed by atoms with Gasteiger partial charge in [-0.05, 0) is 12.3 Å². The third-order valence-electron chi connectivity index (χ3n) is 4.02. The Morgan fingerprint density at radius 3 is 1.63 bits per heavy atom. The molecule has 0 aliphatic heterocycles. The lowest BCUT2D eigenvalue weighted by Crippen LogP contribution is -2.25. The number of ether oxygens (including phenoxy) is 3. The number of hydrogen-bond donors (Lipinski definition) is 5. The third kappa shape index (κ3) is 16.1. The highest BCUT2D eigenvalue weighted by atomic mass is 16.5. The minimum atomic E-state index is -1.18. The van der Waals surface area contributed by atoms with E-state index < -0.39 is 42.8 Å². The Hall–Kier alpha value is -1.79. The fraction of sp³-hybridized carbons (Fsp3) is 0.842. The summed E-state index contributed by atoms with van der Waals surface area (Å²) in [5, 5.41) is 45.9. The van der Waals surface area contributed by atoms with Gasteiger partial charge >= 0.3 is 17.9 Å². The average Bonchev–Trinajstić information content (AvgIpc) is 2.65. The van der Waals surface area contributed by atoms with E-state index in [2.05, 4.69) is 4.74 Å². The fourth-order valence-electron chi connectivity index (χ4n) is 2.23. The first kappa shape index (κ1) is 28.2. The van der Waals surface area contributed by atoms with E-state index >= 15 is 0 Å². The van der Waals surface area contributed by atoms with Crippen molar-refractivity contribution in [2.24, 2.45) is 5.92 Å². The van der Waals surface area contributed by atoms with Crippen LogP contribution in [0.1, 0.15) is 45.4 Å². The zero-order chi connectivity index (χ0) is 22.9. The van der Waals surface area contributed by atoms with Crippen LogP contribution in [0.25, 0.3) is 0 Å². The molecule has 5 N–H and O–H groups in total. The van der Waals surface area contributed by atoms with Crippen LogP contribution in [0.15, 0.2) is 0 Å². The monoisotopic (exact) mass is 438 g/mol. The topological polar surface area (TPSA) is 180 Å². The molecule has 0 rings (SSSR count). The summed E-state index contributed by atoms with van der Waals surface area (Å²) >= 11 is 0. The van der Waals surface area contributed by atoms with Crippen LogP contribution in [0.2, 0.25) is 0 Å². The lowest BCUT2D eigenvalue weighted by atomic mass is 10.1. The van der Waals surface area contributed by atoms with Crippen LogP contribution in [0, 0.1) is 5.92 Å². The SMILES string of the molecule is C[C@H](CCO)CC(=O)OCC[C@@H](O)CC(=O)OCC[C@@H](O)CC(=O)OCC(O)CO. The van der Waals surface area contributed by atoms with Gasteiger partial charge < -0.3 is 39.7 Å². The van der Waals surface area contributed by atoms with Crippen molar-refractivity contribution in [3.8, 4) is 0 Å². The molecule has 0 aromatic carbocycles. The van der Waals surface area contributed by atoms with E-state index in [1.807, 2.05) is 6.92 Å². The first-order valence-electron chi connectivity index (χ1n) is 9.90. The van der Waals surface area contributed by atoms with Gasteiger partial charge in [0, 0.05) is 25.9 Å². The first-order chi connectivity index (χ1) is 14.2. The van der Waals surface area contributed by atoms with Gasteiger partial charge in [-0.15, -0.1) is 0 Å².